The van der Waals surface area contributed by atoms with E-state index in [1.165, 1.54) is 6.07 Å². The Morgan fingerprint density at radius 1 is 0.946 bits per heavy atom. The van der Waals surface area contributed by atoms with Crippen LogP contribution in [0.2, 0.25) is 0 Å². The SMILES string of the molecule is C=CCCOc1ccc(OCC2CCC(c3ccc(-c4ccc(C(C)O)cc4)c(F)c3F)CC2)cc1F. The molecule has 1 aliphatic carbocycles. The monoisotopic (exact) mass is 510 g/mol. The van der Waals surface area contributed by atoms with Crippen molar-refractivity contribution in [1.29, 1.82) is 0 Å². The summed E-state index contributed by atoms with van der Waals surface area (Å²) < 4.78 is 55.5. The van der Waals surface area contributed by atoms with Crippen LogP contribution in [0.15, 0.2) is 67.3 Å². The van der Waals surface area contributed by atoms with Crippen molar-refractivity contribution in [2.45, 2.75) is 51.0 Å². The van der Waals surface area contributed by atoms with Crippen molar-refractivity contribution < 1.29 is 27.8 Å². The Labute approximate surface area is 216 Å². The fourth-order valence-electron chi connectivity index (χ4n) is 4.84. The van der Waals surface area contributed by atoms with E-state index in [2.05, 4.69) is 6.58 Å². The average molecular weight is 511 g/mol. The summed E-state index contributed by atoms with van der Waals surface area (Å²) in [6.07, 6.45) is 4.84. The van der Waals surface area contributed by atoms with Gasteiger partial charge in [-0.1, -0.05) is 42.5 Å². The summed E-state index contributed by atoms with van der Waals surface area (Å²) in [6.45, 7) is 6.08. The molecule has 37 heavy (non-hydrogen) atoms. The number of aliphatic hydroxyl groups is 1. The standard InChI is InChI=1S/C31H33F3O3/c1-3-4-17-36-29-16-13-25(18-28(29)32)37-19-21-5-7-23(8-6-21)26-14-15-27(31(34)30(26)33)24-11-9-22(10-12-24)20(2)35/h3,9-16,18,20-21,23,35H,1,4-8,17,19H2,2H3. The summed E-state index contributed by atoms with van der Waals surface area (Å²) in [5.74, 6) is -1.25. The lowest BCUT2D eigenvalue weighted by Gasteiger charge is -2.29. The van der Waals surface area contributed by atoms with E-state index in [4.69, 9.17) is 9.47 Å². The van der Waals surface area contributed by atoms with Crippen LogP contribution in [0.25, 0.3) is 11.1 Å². The number of hydrogen-bond acceptors (Lipinski definition) is 3. The fraction of sp³-hybridized carbons (Fsp3) is 0.355. The molecule has 3 aromatic rings. The molecule has 1 atom stereocenters. The van der Waals surface area contributed by atoms with Gasteiger partial charge in [-0.2, -0.15) is 0 Å². The first-order valence-corrected chi connectivity index (χ1v) is 12.8. The summed E-state index contributed by atoms with van der Waals surface area (Å²) in [4.78, 5) is 0. The minimum absolute atomic E-state index is 0.0538. The highest BCUT2D eigenvalue weighted by molar-refractivity contribution is 5.65. The summed E-state index contributed by atoms with van der Waals surface area (Å²) >= 11 is 0. The van der Waals surface area contributed by atoms with E-state index in [9.17, 15) is 9.50 Å². The van der Waals surface area contributed by atoms with Gasteiger partial charge < -0.3 is 14.6 Å². The number of halogens is 3. The Morgan fingerprint density at radius 2 is 1.68 bits per heavy atom. The van der Waals surface area contributed by atoms with Crippen LogP contribution in [-0.4, -0.2) is 18.3 Å². The Bertz CT molecular complexity index is 1200. The van der Waals surface area contributed by atoms with Crippen molar-refractivity contribution in [3.05, 3.63) is 95.8 Å². The maximum atomic E-state index is 15.1. The number of ether oxygens (including phenoxy) is 2. The highest BCUT2D eigenvalue weighted by Crippen LogP contribution is 2.39. The van der Waals surface area contributed by atoms with Crippen molar-refractivity contribution in [2.75, 3.05) is 13.2 Å². The lowest BCUT2D eigenvalue weighted by Crippen LogP contribution is -2.20. The van der Waals surface area contributed by atoms with Gasteiger partial charge in [0.1, 0.15) is 5.75 Å². The van der Waals surface area contributed by atoms with Gasteiger partial charge in [0, 0.05) is 11.6 Å². The number of hydrogen-bond donors (Lipinski definition) is 1. The molecule has 0 aliphatic heterocycles. The molecule has 0 saturated heterocycles. The maximum absolute atomic E-state index is 15.1. The van der Waals surface area contributed by atoms with Gasteiger partial charge >= 0.3 is 0 Å². The van der Waals surface area contributed by atoms with Crippen LogP contribution in [0, 0.1) is 23.4 Å². The molecule has 0 amide bonds. The van der Waals surface area contributed by atoms with Crippen LogP contribution in [0.1, 0.15) is 62.2 Å². The fourth-order valence-corrected chi connectivity index (χ4v) is 4.84. The molecular weight excluding hydrogens is 477 g/mol. The average Bonchev–Trinajstić information content (AvgIpc) is 2.91. The zero-order valence-corrected chi connectivity index (χ0v) is 21.1. The van der Waals surface area contributed by atoms with Gasteiger partial charge in [-0.3, -0.25) is 0 Å². The zero-order chi connectivity index (χ0) is 26.4. The summed E-state index contributed by atoms with van der Waals surface area (Å²) in [5.41, 5.74) is 1.92. The number of benzene rings is 3. The summed E-state index contributed by atoms with van der Waals surface area (Å²) in [6, 6.07) is 14.7. The highest BCUT2D eigenvalue weighted by atomic mass is 19.2. The number of aliphatic hydroxyl groups excluding tert-OH is 1. The van der Waals surface area contributed by atoms with Crippen molar-refractivity contribution in [2.24, 2.45) is 5.92 Å². The first kappa shape index (κ1) is 26.8. The molecule has 3 aromatic carbocycles. The number of rotatable bonds is 10. The van der Waals surface area contributed by atoms with Gasteiger partial charge in [0.2, 0.25) is 0 Å². The van der Waals surface area contributed by atoms with Crippen molar-refractivity contribution >= 4 is 0 Å². The molecule has 4 rings (SSSR count). The molecule has 1 N–H and O–H groups in total. The van der Waals surface area contributed by atoms with E-state index < -0.39 is 23.6 Å². The second-order valence-corrected chi connectivity index (χ2v) is 9.67. The Kier molecular flexibility index (Phi) is 8.93. The molecule has 3 nitrogen and oxygen atoms in total. The molecule has 0 bridgehead atoms. The molecule has 1 saturated carbocycles. The highest BCUT2D eigenvalue weighted by Gasteiger charge is 2.27. The Morgan fingerprint density at radius 3 is 2.32 bits per heavy atom. The van der Waals surface area contributed by atoms with E-state index in [1.54, 1.807) is 61.5 Å². The van der Waals surface area contributed by atoms with Crippen molar-refractivity contribution in [3.8, 4) is 22.6 Å². The molecule has 6 heteroatoms. The Hall–Kier alpha value is -3.25. The first-order valence-electron chi connectivity index (χ1n) is 12.8. The molecule has 0 radical (unpaired) electrons. The van der Waals surface area contributed by atoms with Gasteiger partial charge in [-0.25, -0.2) is 13.2 Å². The molecule has 196 valence electrons. The molecular formula is C31H33F3O3. The van der Waals surface area contributed by atoms with Crippen LogP contribution in [0.5, 0.6) is 11.5 Å². The van der Waals surface area contributed by atoms with E-state index in [1.807, 2.05) is 0 Å². The van der Waals surface area contributed by atoms with Gasteiger partial charge in [0.25, 0.3) is 0 Å². The molecule has 1 aliphatic rings. The lowest BCUT2D eigenvalue weighted by molar-refractivity contribution is 0.198. The molecule has 1 unspecified atom stereocenters. The normalized spacial score (nSPS) is 18.3. The van der Waals surface area contributed by atoms with E-state index in [-0.39, 0.29) is 23.1 Å². The predicted octanol–water partition coefficient (Wildman–Crippen LogP) is 8.13. The van der Waals surface area contributed by atoms with Crippen LogP contribution < -0.4 is 9.47 Å². The van der Waals surface area contributed by atoms with Crippen LogP contribution in [-0.2, 0) is 0 Å². The van der Waals surface area contributed by atoms with Crippen LogP contribution >= 0.6 is 0 Å². The summed E-state index contributed by atoms with van der Waals surface area (Å²) in [7, 11) is 0. The van der Waals surface area contributed by atoms with Gasteiger partial charge in [0.05, 0.1) is 19.3 Å². The minimum atomic E-state index is -0.841. The second kappa shape index (κ2) is 12.3. The smallest absolute Gasteiger partial charge is 0.168 e. The lowest BCUT2D eigenvalue weighted by atomic mass is 9.78. The molecule has 1 fully saturated rings. The summed E-state index contributed by atoms with van der Waals surface area (Å²) in [5, 5.41) is 9.66. The van der Waals surface area contributed by atoms with Crippen molar-refractivity contribution in [3.63, 3.8) is 0 Å². The third-order valence-electron chi connectivity index (χ3n) is 7.07. The van der Waals surface area contributed by atoms with E-state index >= 15 is 8.78 Å². The van der Waals surface area contributed by atoms with E-state index in [0.717, 1.165) is 31.2 Å². The topological polar surface area (TPSA) is 38.7 Å². The molecule has 0 heterocycles. The third-order valence-corrected chi connectivity index (χ3v) is 7.07. The zero-order valence-electron chi connectivity index (χ0n) is 21.1. The maximum Gasteiger partial charge on any atom is 0.168 e. The second-order valence-electron chi connectivity index (χ2n) is 9.67. The Balaban J connectivity index is 1.32. The van der Waals surface area contributed by atoms with Crippen LogP contribution in [0.4, 0.5) is 13.2 Å². The predicted molar refractivity (Wildman–Crippen MR) is 139 cm³/mol. The van der Waals surface area contributed by atoms with Gasteiger partial charge in [0.15, 0.2) is 23.2 Å². The first-order chi connectivity index (χ1) is 17.9. The van der Waals surface area contributed by atoms with Crippen LogP contribution in [0.3, 0.4) is 0 Å². The molecule has 0 aromatic heterocycles. The largest absolute Gasteiger partial charge is 0.493 e. The van der Waals surface area contributed by atoms with Crippen molar-refractivity contribution in [1.82, 2.24) is 0 Å². The quantitative estimate of drug-likeness (QED) is 0.221. The minimum Gasteiger partial charge on any atom is -0.493 e. The molecule has 0 spiro atoms. The van der Waals surface area contributed by atoms with E-state index in [0.29, 0.717) is 36.5 Å². The third kappa shape index (κ3) is 6.55. The van der Waals surface area contributed by atoms with Gasteiger partial charge in [-0.05, 0) is 79.7 Å². The van der Waals surface area contributed by atoms with Gasteiger partial charge in [-0.15, -0.1) is 6.58 Å².